The van der Waals surface area contributed by atoms with Gasteiger partial charge in [0.25, 0.3) is 0 Å². The smallest absolute Gasteiger partial charge is 0.343 e. The van der Waals surface area contributed by atoms with Gasteiger partial charge in [-0.15, -0.1) is 0 Å². The van der Waals surface area contributed by atoms with Crippen molar-refractivity contribution in [2.45, 2.75) is 75.2 Å². The Bertz CT molecular complexity index is 1610. The normalized spacial score (nSPS) is 28.9. The molecule has 0 unspecified atom stereocenters. The molecule has 276 valence electrons. The number of anilines is 1. The van der Waals surface area contributed by atoms with E-state index >= 15 is 0 Å². The highest BCUT2D eigenvalue weighted by molar-refractivity contribution is 6.30. The lowest BCUT2D eigenvalue weighted by atomic mass is 9.70. The van der Waals surface area contributed by atoms with Crippen LogP contribution in [-0.4, -0.2) is 105 Å². The molecule has 4 heterocycles. The molecule has 4 atom stereocenters. The Labute approximate surface area is 306 Å². The van der Waals surface area contributed by atoms with Gasteiger partial charge in [0.1, 0.15) is 12.4 Å². The average Bonchev–Trinajstić information content (AvgIpc) is 3.11. The molecular formula is C40H52ClN3O7. The summed E-state index contributed by atoms with van der Waals surface area (Å²) >= 11 is 6.40. The largest absolute Gasteiger partial charge is 0.487 e. The van der Waals surface area contributed by atoms with Crippen molar-refractivity contribution in [1.29, 1.82) is 0 Å². The Balaban J connectivity index is 1.21. The predicted octanol–water partition coefficient (Wildman–Crippen LogP) is 5.12. The maximum absolute atomic E-state index is 13.5. The van der Waals surface area contributed by atoms with Crippen LogP contribution in [0.15, 0.2) is 48.6 Å². The maximum Gasteiger partial charge on any atom is 0.343 e. The van der Waals surface area contributed by atoms with Crippen LogP contribution < -0.4 is 9.64 Å². The molecule has 5 aliphatic rings. The van der Waals surface area contributed by atoms with Crippen LogP contribution in [0.25, 0.3) is 0 Å². The van der Waals surface area contributed by atoms with Gasteiger partial charge in [-0.1, -0.05) is 35.9 Å². The second kappa shape index (κ2) is 15.4. The molecule has 11 heteroatoms. The molecule has 3 fully saturated rings. The SMILES string of the molecule is COC(=O)[C@@]1(O)CC(=O)N(C)CC/C=C/[C@H](OCCN2CCC23COC3)[C@@H]2CC[C@H]2CN2CCCCc3cc(Cl)ccc3COc3ccc1cc32. The molecule has 1 amide bonds. The van der Waals surface area contributed by atoms with Crippen LogP contribution in [0.4, 0.5) is 5.69 Å². The van der Waals surface area contributed by atoms with Crippen molar-refractivity contribution >= 4 is 29.2 Å². The van der Waals surface area contributed by atoms with E-state index < -0.39 is 18.0 Å². The summed E-state index contributed by atoms with van der Waals surface area (Å²) in [5, 5.41) is 12.7. The van der Waals surface area contributed by atoms with Crippen molar-refractivity contribution in [2.24, 2.45) is 11.8 Å². The van der Waals surface area contributed by atoms with E-state index in [-0.39, 0.29) is 17.6 Å². The van der Waals surface area contributed by atoms with Crippen LogP contribution in [0.3, 0.4) is 0 Å². The molecular weight excluding hydrogens is 670 g/mol. The van der Waals surface area contributed by atoms with Gasteiger partial charge in [0.05, 0.1) is 50.7 Å². The van der Waals surface area contributed by atoms with Gasteiger partial charge >= 0.3 is 5.97 Å². The third-order valence-corrected chi connectivity index (χ3v) is 12.3. The molecule has 0 aromatic heterocycles. The molecule has 7 rings (SSSR count). The van der Waals surface area contributed by atoms with Gasteiger partial charge in [-0.05, 0) is 97.7 Å². The zero-order valence-electron chi connectivity index (χ0n) is 30.0. The molecule has 2 bridgehead atoms. The van der Waals surface area contributed by atoms with Gasteiger partial charge in [0.2, 0.25) is 5.91 Å². The quantitative estimate of drug-likeness (QED) is 0.333. The van der Waals surface area contributed by atoms with E-state index in [1.807, 2.05) is 30.3 Å². The monoisotopic (exact) mass is 721 g/mol. The number of benzene rings is 2. The highest BCUT2D eigenvalue weighted by atomic mass is 35.5. The number of carbonyl (C=O) groups excluding carboxylic acids is 2. The molecule has 2 saturated heterocycles. The van der Waals surface area contributed by atoms with Crippen molar-refractivity contribution in [3.8, 4) is 5.75 Å². The van der Waals surface area contributed by atoms with Crippen LogP contribution in [0.2, 0.25) is 5.02 Å². The number of ether oxygens (including phenoxy) is 4. The fourth-order valence-corrected chi connectivity index (χ4v) is 8.59. The van der Waals surface area contributed by atoms with E-state index in [9.17, 15) is 14.7 Å². The third-order valence-electron chi connectivity index (χ3n) is 12.0. The van der Waals surface area contributed by atoms with Crippen LogP contribution >= 0.6 is 11.6 Å². The standard InChI is InChI=1S/C40H52ClN3O7/c1-42-16-5-4-8-35(50-20-19-44-18-15-39(44)26-49-27-39)33-13-10-29(33)24-43-17-6-3-7-28-21-32(41)12-9-30(28)25-51-36-14-11-31(22-34(36)43)40(47,23-37(42)45)38(46)48-2/h4,8-9,11-12,14,21-22,29,33,35,47H,3,5-7,10,13,15-20,23-27H2,1-2H3/b8-4+/t29-,33+,35-,40+/m0/s1. The Kier molecular flexibility index (Phi) is 11.0. The van der Waals surface area contributed by atoms with Crippen molar-refractivity contribution in [1.82, 2.24) is 9.80 Å². The second-order valence-corrected chi connectivity index (χ2v) is 15.6. The molecule has 0 radical (unpaired) electrons. The van der Waals surface area contributed by atoms with Crippen LogP contribution in [0.5, 0.6) is 5.75 Å². The minimum Gasteiger partial charge on any atom is -0.487 e. The lowest BCUT2D eigenvalue weighted by Gasteiger charge is -2.57. The lowest BCUT2D eigenvalue weighted by molar-refractivity contribution is -0.197. The highest BCUT2D eigenvalue weighted by Gasteiger charge is 2.50. The Morgan fingerprint density at radius 3 is 2.67 bits per heavy atom. The van der Waals surface area contributed by atoms with E-state index in [2.05, 4.69) is 22.0 Å². The number of hydrogen-bond donors (Lipinski definition) is 1. The highest BCUT2D eigenvalue weighted by Crippen LogP contribution is 2.43. The van der Waals surface area contributed by atoms with Gasteiger partial charge < -0.3 is 33.9 Å². The van der Waals surface area contributed by atoms with Crippen molar-refractivity contribution < 1.29 is 33.6 Å². The minimum atomic E-state index is -2.16. The number of amides is 1. The summed E-state index contributed by atoms with van der Waals surface area (Å²) < 4.78 is 23.9. The number of hydrogen-bond acceptors (Lipinski definition) is 9. The van der Waals surface area contributed by atoms with E-state index in [0.717, 1.165) is 82.7 Å². The molecule has 1 N–H and O–H groups in total. The van der Waals surface area contributed by atoms with Gasteiger partial charge in [-0.3, -0.25) is 9.69 Å². The number of halogens is 1. The average molecular weight is 722 g/mol. The molecule has 2 aromatic carbocycles. The lowest BCUT2D eigenvalue weighted by Crippen LogP contribution is -2.71. The predicted molar refractivity (Wildman–Crippen MR) is 195 cm³/mol. The number of carbonyl (C=O) groups is 2. The van der Waals surface area contributed by atoms with Crippen molar-refractivity contribution in [3.05, 3.63) is 70.3 Å². The van der Waals surface area contributed by atoms with Crippen LogP contribution in [0.1, 0.15) is 61.6 Å². The second-order valence-electron chi connectivity index (χ2n) is 15.1. The molecule has 51 heavy (non-hydrogen) atoms. The molecule has 1 saturated carbocycles. The summed E-state index contributed by atoms with van der Waals surface area (Å²) in [7, 11) is 2.94. The van der Waals surface area contributed by atoms with E-state index in [1.165, 1.54) is 19.1 Å². The van der Waals surface area contributed by atoms with E-state index in [1.54, 1.807) is 18.0 Å². The number of rotatable bonds is 5. The number of fused-ring (bicyclic) bond motifs is 3. The van der Waals surface area contributed by atoms with Crippen LogP contribution in [-0.2, 0) is 42.4 Å². The first-order chi connectivity index (χ1) is 24.7. The van der Waals surface area contributed by atoms with Crippen molar-refractivity contribution in [3.63, 3.8) is 0 Å². The zero-order valence-corrected chi connectivity index (χ0v) is 30.7. The molecule has 1 spiro atoms. The Hall–Kier alpha value is -3.15. The number of nitrogens with zero attached hydrogens (tertiary/aromatic N) is 3. The first-order valence-corrected chi connectivity index (χ1v) is 19.0. The Morgan fingerprint density at radius 2 is 1.94 bits per heavy atom. The molecule has 10 nitrogen and oxygen atoms in total. The first-order valence-electron chi connectivity index (χ1n) is 18.6. The van der Waals surface area contributed by atoms with Gasteiger partial charge in [-0.25, -0.2) is 4.79 Å². The topological polar surface area (TPSA) is 101 Å². The Morgan fingerprint density at radius 1 is 1.08 bits per heavy atom. The van der Waals surface area contributed by atoms with Gasteiger partial charge in [0.15, 0.2) is 5.60 Å². The van der Waals surface area contributed by atoms with Crippen molar-refractivity contribution in [2.75, 3.05) is 71.6 Å². The minimum absolute atomic E-state index is 0.0258. The summed E-state index contributed by atoms with van der Waals surface area (Å²) in [5.41, 5.74) is 1.44. The summed E-state index contributed by atoms with van der Waals surface area (Å²) in [6.07, 6.45) is 10.7. The number of aliphatic hydroxyl groups is 1. The third kappa shape index (κ3) is 7.53. The van der Waals surface area contributed by atoms with Crippen LogP contribution in [0, 0.1) is 11.8 Å². The summed E-state index contributed by atoms with van der Waals surface area (Å²) in [6, 6.07) is 11.3. The molecule has 4 aliphatic heterocycles. The van der Waals surface area contributed by atoms with Gasteiger partial charge in [0, 0.05) is 44.8 Å². The van der Waals surface area contributed by atoms with E-state index in [4.69, 9.17) is 30.5 Å². The zero-order chi connectivity index (χ0) is 35.6. The number of likely N-dealkylation sites (tertiary alicyclic amines) is 1. The van der Waals surface area contributed by atoms with E-state index in [0.29, 0.717) is 54.4 Å². The number of methoxy groups -OCH3 is 1. The molecule has 1 aliphatic carbocycles. The number of esters is 1. The van der Waals surface area contributed by atoms with Gasteiger partial charge in [-0.2, -0.15) is 0 Å². The number of aryl methyl sites for hydroxylation is 1. The summed E-state index contributed by atoms with van der Waals surface area (Å²) in [6.45, 7) is 6.66. The molecule has 2 aromatic rings. The summed E-state index contributed by atoms with van der Waals surface area (Å²) in [4.78, 5) is 33.3. The fraction of sp³-hybridized carbons (Fsp3) is 0.600. The maximum atomic E-state index is 13.5. The first kappa shape index (κ1) is 36.2. The fourth-order valence-electron chi connectivity index (χ4n) is 8.39. The summed E-state index contributed by atoms with van der Waals surface area (Å²) in [5.74, 6) is 0.163.